The van der Waals surface area contributed by atoms with E-state index in [1.807, 2.05) is 66.7 Å². The predicted octanol–water partition coefficient (Wildman–Crippen LogP) is 4.53. The van der Waals surface area contributed by atoms with Gasteiger partial charge in [0.1, 0.15) is 0 Å². The van der Waals surface area contributed by atoms with Crippen molar-refractivity contribution in [1.29, 1.82) is 0 Å². The molecule has 1 N–H and O–H groups in total. The van der Waals surface area contributed by atoms with E-state index < -0.39 is 0 Å². The number of rotatable bonds is 3. The molecule has 1 amide bonds. The van der Waals surface area contributed by atoms with Crippen LogP contribution in [0.3, 0.4) is 0 Å². The molecule has 0 atom stereocenters. The minimum atomic E-state index is -0.0522. The summed E-state index contributed by atoms with van der Waals surface area (Å²) in [5.74, 6) is -0.0522. The molecule has 0 fully saturated rings. The summed E-state index contributed by atoms with van der Waals surface area (Å²) in [6, 6.07) is 21.7. The summed E-state index contributed by atoms with van der Waals surface area (Å²) in [5, 5.41) is 5.16. The molecule has 0 aromatic heterocycles. The van der Waals surface area contributed by atoms with Crippen molar-refractivity contribution in [3.8, 4) is 0 Å². The predicted molar refractivity (Wildman–Crippen MR) is 89.3 cm³/mol. The SMILES string of the molecule is O=C(NCc1ccc(Br)cc1)c1ccc2ccccc2c1. The highest BCUT2D eigenvalue weighted by molar-refractivity contribution is 9.10. The van der Waals surface area contributed by atoms with E-state index in [1.165, 1.54) is 0 Å². The lowest BCUT2D eigenvalue weighted by Gasteiger charge is -2.07. The van der Waals surface area contributed by atoms with E-state index in [0.717, 1.165) is 20.8 Å². The van der Waals surface area contributed by atoms with Gasteiger partial charge < -0.3 is 5.32 Å². The zero-order valence-electron chi connectivity index (χ0n) is 11.3. The van der Waals surface area contributed by atoms with Gasteiger partial charge in [0.05, 0.1) is 0 Å². The van der Waals surface area contributed by atoms with Crippen molar-refractivity contribution in [2.24, 2.45) is 0 Å². The molecule has 104 valence electrons. The minimum absolute atomic E-state index is 0.0522. The summed E-state index contributed by atoms with van der Waals surface area (Å²) < 4.78 is 1.03. The Morgan fingerprint density at radius 1 is 0.905 bits per heavy atom. The third-order valence-corrected chi connectivity index (χ3v) is 3.91. The topological polar surface area (TPSA) is 29.1 Å². The molecule has 0 aliphatic rings. The van der Waals surface area contributed by atoms with Gasteiger partial charge in [0.2, 0.25) is 0 Å². The van der Waals surface area contributed by atoms with Gasteiger partial charge in [-0.05, 0) is 40.6 Å². The Labute approximate surface area is 131 Å². The quantitative estimate of drug-likeness (QED) is 0.746. The van der Waals surface area contributed by atoms with Crippen LogP contribution in [0, 0.1) is 0 Å². The van der Waals surface area contributed by atoms with Crippen molar-refractivity contribution in [3.05, 3.63) is 82.3 Å². The first-order valence-electron chi connectivity index (χ1n) is 6.74. The van der Waals surface area contributed by atoms with Gasteiger partial charge in [-0.15, -0.1) is 0 Å². The van der Waals surface area contributed by atoms with E-state index in [-0.39, 0.29) is 5.91 Å². The van der Waals surface area contributed by atoms with Crippen LogP contribution >= 0.6 is 15.9 Å². The van der Waals surface area contributed by atoms with Crippen molar-refractivity contribution in [3.63, 3.8) is 0 Å². The smallest absolute Gasteiger partial charge is 0.251 e. The standard InChI is InChI=1S/C18H14BrNO/c19-17-9-5-13(6-10-17)12-20-18(21)16-8-7-14-3-1-2-4-15(14)11-16/h1-11H,12H2,(H,20,21). The monoisotopic (exact) mass is 339 g/mol. The molecule has 0 saturated heterocycles. The highest BCUT2D eigenvalue weighted by atomic mass is 79.9. The van der Waals surface area contributed by atoms with E-state index in [1.54, 1.807) is 0 Å². The third kappa shape index (κ3) is 3.31. The van der Waals surface area contributed by atoms with Gasteiger partial charge >= 0.3 is 0 Å². The number of benzene rings is 3. The molecule has 2 nitrogen and oxygen atoms in total. The lowest BCUT2D eigenvalue weighted by Crippen LogP contribution is -2.22. The molecular weight excluding hydrogens is 326 g/mol. The van der Waals surface area contributed by atoms with E-state index in [0.29, 0.717) is 12.1 Å². The molecule has 21 heavy (non-hydrogen) atoms. The van der Waals surface area contributed by atoms with Crippen molar-refractivity contribution >= 4 is 32.6 Å². The van der Waals surface area contributed by atoms with Crippen molar-refractivity contribution in [2.75, 3.05) is 0 Å². The number of hydrogen-bond acceptors (Lipinski definition) is 1. The fraction of sp³-hybridized carbons (Fsp3) is 0.0556. The second-order valence-electron chi connectivity index (χ2n) is 4.87. The maximum atomic E-state index is 12.2. The van der Waals surface area contributed by atoms with Crippen molar-refractivity contribution in [2.45, 2.75) is 6.54 Å². The molecule has 3 rings (SSSR count). The van der Waals surface area contributed by atoms with Crippen LogP contribution in [0.1, 0.15) is 15.9 Å². The van der Waals surface area contributed by atoms with Gasteiger partial charge in [-0.1, -0.05) is 58.4 Å². The molecule has 0 spiro atoms. The first-order chi connectivity index (χ1) is 10.2. The second kappa shape index (κ2) is 6.10. The molecule has 0 unspecified atom stereocenters. The zero-order valence-corrected chi connectivity index (χ0v) is 12.9. The fourth-order valence-corrected chi connectivity index (χ4v) is 2.48. The largest absolute Gasteiger partial charge is 0.348 e. The number of halogens is 1. The molecular formula is C18H14BrNO. The third-order valence-electron chi connectivity index (χ3n) is 3.38. The average Bonchev–Trinajstić information content (AvgIpc) is 2.53. The normalized spacial score (nSPS) is 10.5. The fourth-order valence-electron chi connectivity index (χ4n) is 2.22. The summed E-state index contributed by atoms with van der Waals surface area (Å²) >= 11 is 3.40. The molecule has 0 aliphatic carbocycles. The number of hydrogen-bond donors (Lipinski definition) is 1. The van der Waals surface area contributed by atoms with Crippen molar-refractivity contribution in [1.82, 2.24) is 5.32 Å². The Hall–Kier alpha value is -2.13. The Balaban J connectivity index is 1.73. The summed E-state index contributed by atoms with van der Waals surface area (Å²) in [6.07, 6.45) is 0. The summed E-state index contributed by atoms with van der Waals surface area (Å²) in [6.45, 7) is 0.527. The molecule has 0 saturated carbocycles. The Kier molecular flexibility index (Phi) is 4.02. The van der Waals surface area contributed by atoms with Crippen LogP contribution in [-0.2, 0) is 6.54 Å². The van der Waals surface area contributed by atoms with Crippen LogP contribution in [0.2, 0.25) is 0 Å². The number of fused-ring (bicyclic) bond motifs is 1. The van der Waals surface area contributed by atoms with E-state index >= 15 is 0 Å². The highest BCUT2D eigenvalue weighted by Crippen LogP contribution is 2.16. The van der Waals surface area contributed by atoms with Gasteiger partial charge in [-0.25, -0.2) is 0 Å². The Morgan fingerprint density at radius 2 is 1.62 bits per heavy atom. The minimum Gasteiger partial charge on any atom is -0.348 e. The summed E-state index contributed by atoms with van der Waals surface area (Å²) in [7, 11) is 0. The van der Waals surface area contributed by atoms with Crippen LogP contribution in [0.25, 0.3) is 10.8 Å². The summed E-state index contributed by atoms with van der Waals surface area (Å²) in [4.78, 5) is 12.2. The van der Waals surface area contributed by atoms with Gasteiger partial charge in [0.25, 0.3) is 5.91 Å². The van der Waals surface area contributed by atoms with Gasteiger partial charge in [0.15, 0.2) is 0 Å². The first kappa shape index (κ1) is 13.8. The number of amides is 1. The molecule has 0 heterocycles. The molecule has 0 radical (unpaired) electrons. The molecule has 3 aromatic rings. The average molecular weight is 340 g/mol. The zero-order chi connectivity index (χ0) is 14.7. The number of carbonyl (C=O) groups is 1. The van der Waals surface area contributed by atoms with Crippen LogP contribution in [0.5, 0.6) is 0 Å². The Bertz CT molecular complexity index is 781. The Morgan fingerprint density at radius 3 is 2.38 bits per heavy atom. The molecule has 0 aliphatic heterocycles. The van der Waals surface area contributed by atoms with Crippen LogP contribution in [-0.4, -0.2) is 5.91 Å². The number of nitrogens with one attached hydrogen (secondary N) is 1. The van der Waals surface area contributed by atoms with E-state index in [9.17, 15) is 4.79 Å². The van der Waals surface area contributed by atoms with Crippen LogP contribution in [0.15, 0.2) is 71.2 Å². The highest BCUT2D eigenvalue weighted by Gasteiger charge is 2.06. The van der Waals surface area contributed by atoms with Crippen molar-refractivity contribution < 1.29 is 4.79 Å². The molecule has 3 aromatic carbocycles. The number of carbonyl (C=O) groups excluding carboxylic acids is 1. The van der Waals surface area contributed by atoms with Gasteiger partial charge in [0, 0.05) is 16.6 Å². The van der Waals surface area contributed by atoms with Crippen LogP contribution in [0.4, 0.5) is 0 Å². The maximum Gasteiger partial charge on any atom is 0.251 e. The van der Waals surface area contributed by atoms with Crippen LogP contribution < -0.4 is 5.32 Å². The van der Waals surface area contributed by atoms with Gasteiger partial charge in [-0.3, -0.25) is 4.79 Å². The van der Waals surface area contributed by atoms with E-state index in [2.05, 4.69) is 21.2 Å². The van der Waals surface area contributed by atoms with E-state index in [4.69, 9.17) is 0 Å². The van der Waals surface area contributed by atoms with Gasteiger partial charge in [-0.2, -0.15) is 0 Å². The molecule has 0 bridgehead atoms. The lowest BCUT2D eigenvalue weighted by atomic mass is 10.1. The second-order valence-corrected chi connectivity index (χ2v) is 5.79. The first-order valence-corrected chi connectivity index (χ1v) is 7.53. The maximum absolute atomic E-state index is 12.2. The summed E-state index contributed by atoms with van der Waals surface area (Å²) in [5.41, 5.74) is 1.76. The lowest BCUT2D eigenvalue weighted by molar-refractivity contribution is 0.0951. The molecule has 3 heteroatoms.